The molecule has 0 unspecified atom stereocenters. The molecule has 0 aliphatic carbocycles. The first-order chi connectivity index (χ1) is 11.5. The molecule has 0 spiro atoms. The molecule has 0 amide bonds. The maximum absolute atomic E-state index is 14.0. The van der Waals surface area contributed by atoms with Crippen molar-refractivity contribution in [2.45, 2.75) is 63.7 Å². The molecule has 1 aromatic rings. The van der Waals surface area contributed by atoms with Crippen LogP contribution in [0.3, 0.4) is 0 Å². The van der Waals surface area contributed by atoms with Crippen molar-refractivity contribution in [3.8, 4) is 0 Å². The third kappa shape index (κ3) is 2.79. The minimum absolute atomic E-state index is 0.176. The van der Waals surface area contributed by atoms with Crippen molar-refractivity contribution < 1.29 is 27.0 Å². The van der Waals surface area contributed by atoms with Gasteiger partial charge < -0.3 is 9.47 Å². The van der Waals surface area contributed by atoms with Gasteiger partial charge in [0.15, 0.2) is 0 Å². The number of fused-ring (bicyclic) bond motifs is 2. The van der Waals surface area contributed by atoms with Crippen LogP contribution in [-0.2, 0) is 22.3 Å². The minimum atomic E-state index is -4.63. The second-order valence-electron chi connectivity index (χ2n) is 7.44. The van der Waals surface area contributed by atoms with Crippen molar-refractivity contribution in [2.24, 2.45) is 5.92 Å². The van der Waals surface area contributed by atoms with E-state index >= 15 is 0 Å². The highest BCUT2D eigenvalue weighted by molar-refractivity contribution is 5.35. The summed E-state index contributed by atoms with van der Waals surface area (Å²) in [5.74, 6) is -0.747. The number of alkyl halides is 3. The Morgan fingerprint density at radius 3 is 2.56 bits per heavy atom. The van der Waals surface area contributed by atoms with Crippen LogP contribution in [0, 0.1) is 11.7 Å². The van der Waals surface area contributed by atoms with Crippen LogP contribution in [0.5, 0.6) is 0 Å². The van der Waals surface area contributed by atoms with Crippen molar-refractivity contribution >= 4 is 0 Å². The van der Waals surface area contributed by atoms with Gasteiger partial charge in [-0.05, 0) is 43.4 Å². The first-order valence-electron chi connectivity index (χ1n) is 8.37. The Morgan fingerprint density at radius 2 is 2.00 bits per heavy atom. The third-order valence-corrected chi connectivity index (χ3v) is 5.57. The number of halogens is 4. The first-order valence-corrected chi connectivity index (χ1v) is 8.37. The quantitative estimate of drug-likeness (QED) is 0.540. The van der Waals surface area contributed by atoms with Gasteiger partial charge in [-0.15, -0.1) is 0 Å². The van der Waals surface area contributed by atoms with Crippen LogP contribution < -0.4 is 0 Å². The van der Waals surface area contributed by atoms with Crippen molar-refractivity contribution in [3.63, 3.8) is 0 Å². The fourth-order valence-corrected chi connectivity index (χ4v) is 4.14. The monoisotopic (exact) mass is 358 g/mol. The maximum atomic E-state index is 14.0. The summed E-state index contributed by atoms with van der Waals surface area (Å²) < 4.78 is 65.4. The molecule has 6 heteroatoms. The lowest BCUT2D eigenvalue weighted by Crippen LogP contribution is -2.40. The second kappa shape index (κ2) is 5.81. The second-order valence-corrected chi connectivity index (χ2v) is 7.44. The van der Waals surface area contributed by atoms with E-state index in [1.54, 1.807) is 0 Å². The zero-order valence-corrected chi connectivity index (χ0v) is 14.5. The lowest BCUT2D eigenvalue weighted by Gasteiger charge is -2.34. The van der Waals surface area contributed by atoms with E-state index < -0.39 is 47.0 Å². The highest BCUT2D eigenvalue weighted by Crippen LogP contribution is 2.57. The van der Waals surface area contributed by atoms with Crippen LogP contribution in [0.15, 0.2) is 30.4 Å². The predicted octanol–water partition coefficient (Wildman–Crippen LogP) is 5.26. The van der Waals surface area contributed by atoms with E-state index in [4.69, 9.17) is 9.47 Å². The Bertz CT molecular complexity index is 697. The molecule has 25 heavy (non-hydrogen) atoms. The van der Waals surface area contributed by atoms with Gasteiger partial charge in [0.2, 0.25) is 0 Å². The molecule has 2 fully saturated rings. The van der Waals surface area contributed by atoms with Gasteiger partial charge in [-0.1, -0.05) is 26.5 Å². The molecule has 2 aliphatic rings. The molecular formula is C19H22F4O2. The highest BCUT2D eigenvalue weighted by Gasteiger charge is 2.63. The average molecular weight is 358 g/mol. The Morgan fingerprint density at radius 1 is 1.32 bits per heavy atom. The van der Waals surface area contributed by atoms with Gasteiger partial charge in [0, 0.05) is 5.56 Å². The molecule has 2 heterocycles. The zero-order chi connectivity index (χ0) is 18.6. The van der Waals surface area contributed by atoms with E-state index in [0.29, 0.717) is 0 Å². The van der Waals surface area contributed by atoms with E-state index in [-0.39, 0.29) is 5.92 Å². The van der Waals surface area contributed by atoms with E-state index in [2.05, 4.69) is 6.58 Å². The third-order valence-electron chi connectivity index (χ3n) is 5.57. The van der Waals surface area contributed by atoms with Crippen LogP contribution in [0.2, 0.25) is 0 Å². The minimum Gasteiger partial charge on any atom is -0.366 e. The maximum Gasteiger partial charge on any atom is 0.416 e. The molecule has 0 N–H and O–H groups in total. The lowest BCUT2D eigenvalue weighted by molar-refractivity contribution is -0.140. The summed E-state index contributed by atoms with van der Waals surface area (Å²) in [4.78, 5) is 0. The zero-order valence-electron chi connectivity index (χ0n) is 14.5. The normalized spacial score (nSPS) is 32.0. The molecule has 0 radical (unpaired) electrons. The number of ether oxygens (including phenoxy) is 2. The van der Waals surface area contributed by atoms with Gasteiger partial charge in [0.1, 0.15) is 11.9 Å². The number of benzene rings is 1. The number of rotatable bonds is 4. The largest absolute Gasteiger partial charge is 0.416 e. The van der Waals surface area contributed by atoms with Crippen molar-refractivity contribution in [3.05, 3.63) is 47.3 Å². The van der Waals surface area contributed by atoms with Crippen molar-refractivity contribution in [1.29, 1.82) is 0 Å². The number of hydrogen-bond donors (Lipinski definition) is 0. The summed E-state index contributed by atoms with van der Waals surface area (Å²) in [6, 6.07) is 2.93. The van der Waals surface area contributed by atoms with E-state index in [0.717, 1.165) is 36.6 Å². The summed E-state index contributed by atoms with van der Waals surface area (Å²) in [5.41, 5.74) is -1.90. The van der Waals surface area contributed by atoms with Crippen LogP contribution >= 0.6 is 0 Å². The fraction of sp³-hybridized carbons (Fsp3) is 0.579. The Hall–Kier alpha value is -1.40. The van der Waals surface area contributed by atoms with Crippen LogP contribution in [0.25, 0.3) is 0 Å². The average Bonchev–Trinajstić information content (AvgIpc) is 2.96. The molecule has 3 rings (SSSR count). The standard InChI is InChI=1S/C19H22F4O2/c1-11(2)18-9-8-17(4,25-18)16(12(18)3)24-10-13-14(19(21,22)23)6-5-7-15(13)20/h5-7,11,16H,3,8-10H2,1-2,4H3/t16-,17+,18+/m1/s1. The SMILES string of the molecule is C=C1[C@@H](OCc2c(F)cccc2C(F)(F)F)[C@]2(C)CC[C@@]1(C(C)C)O2. The topological polar surface area (TPSA) is 18.5 Å². The summed E-state index contributed by atoms with van der Waals surface area (Å²) in [5, 5.41) is 0. The predicted molar refractivity (Wildman–Crippen MR) is 85.4 cm³/mol. The first kappa shape index (κ1) is 18.4. The molecule has 2 bridgehead atoms. The molecule has 0 saturated carbocycles. The van der Waals surface area contributed by atoms with E-state index in [9.17, 15) is 17.6 Å². The van der Waals surface area contributed by atoms with Gasteiger partial charge >= 0.3 is 6.18 Å². The van der Waals surface area contributed by atoms with Crippen LogP contribution in [0.1, 0.15) is 44.7 Å². The van der Waals surface area contributed by atoms with Gasteiger partial charge in [-0.25, -0.2) is 4.39 Å². The van der Waals surface area contributed by atoms with E-state index in [1.807, 2.05) is 20.8 Å². The summed E-state index contributed by atoms with van der Waals surface area (Å²) in [6.07, 6.45) is -3.64. The molecule has 2 aliphatic heterocycles. The molecule has 2 saturated heterocycles. The molecule has 1 aromatic carbocycles. The van der Waals surface area contributed by atoms with Crippen molar-refractivity contribution in [1.82, 2.24) is 0 Å². The van der Waals surface area contributed by atoms with E-state index in [1.165, 1.54) is 0 Å². The highest BCUT2D eigenvalue weighted by atomic mass is 19.4. The van der Waals surface area contributed by atoms with Gasteiger partial charge in [0.05, 0.1) is 23.4 Å². The molecular weight excluding hydrogens is 336 g/mol. The molecule has 3 atom stereocenters. The van der Waals surface area contributed by atoms with Gasteiger partial charge in [0.25, 0.3) is 0 Å². The molecule has 2 nitrogen and oxygen atoms in total. The van der Waals surface area contributed by atoms with Crippen LogP contribution in [0.4, 0.5) is 17.6 Å². The Kier molecular flexibility index (Phi) is 4.27. The number of hydrogen-bond acceptors (Lipinski definition) is 2. The van der Waals surface area contributed by atoms with Gasteiger partial charge in [-0.2, -0.15) is 13.2 Å². The Labute approximate surface area is 144 Å². The lowest BCUT2D eigenvalue weighted by atomic mass is 9.72. The summed E-state index contributed by atoms with van der Waals surface area (Å²) >= 11 is 0. The smallest absolute Gasteiger partial charge is 0.366 e. The van der Waals surface area contributed by atoms with Crippen LogP contribution in [-0.4, -0.2) is 17.3 Å². The fourth-order valence-electron chi connectivity index (χ4n) is 4.14. The van der Waals surface area contributed by atoms with Crippen molar-refractivity contribution in [2.75, 3.05) is 0 Å². The Balaban J connectivity index is 1.85. The summed E-state index contributed by atoms with van der Waals surface area (Å²) in [6.45, 7) is 9.56. The molecule has 0 aromatic heterocycles. The molecule has 138 valence electrons. The van der Waals surface area contributed by atoms with Gasteiger partial charge in [-0.3, -0.25) is 0 Å². The summed E-state index contributed by atoms with van der Waals surface area (Å²) in [7, 11) is 0.